The van der Waals surface area contributed by atoms with Gasteiger partial charge in [0, 0.05) is 10.8 Å². The van der Waals surface area contributed by atoms with Gasteiger partial charge >= 0.3 is 5.63 Å². The molecule has 1 fully saturated rings. The molecule has 0 amide bonds. The minimum absolute atomic E-state index is 0.122. The van der Waals surface area contributed by atoms with E-state index in [-0.39, 0.29) is 11.4 Å². The number of hydrogen-bond acceptors (Lipinski definition) is 2. The Morgan fingerprint density at radius 3 is 2.03 bits per heavy atom. The van der Waals surface area contributed by atoms with Crippen molar-refractivity contribution in [3.05, 3.63) is 57.7 Å². The summed E-state index contributed by atoms with van der Waals surface area (Å²) in [5, 5.41) is 2.11. The maximum atomic E-state index is 15.4. The fourth-order valence-corrected chi connectivity index (χ4v) is 6.74. The van der Waals surface area contributed by atoms with E-state index in [1.807, 2.05) is 24.3 Å². The van der Waals surface area contributed by atoms with Gasteiger partial charge < -0.3 is 4.42 Å². The van der Waals surface area contributed by atoms with Crippen molar-refractivity contribution in [3.8, 4) is 0 Å². The Hall–Kier alpha value is -2.16. The summed E-state index contributed by atoms with van der Waals surface area (Å²) in [6, 6.07) is 10.1. The van der Waals surface area contributed by atoms with Crippen molar-refractivity contribution >= 4 is 21.7 Å². The van der Waals surface area contributed by atoms with Gasteiger partial charge in [-0.25, -0.2) is 9.18 Å². The molecule has 4 rings (SSSR count). The molecular weight excluding hydrogens is 483 g/mol. The highest BCUT2D eigenvalue weighted by molar-refractivity contribution is 6.04. The van der Waals surface area contributed by atoms with Crippen LogP contribution in [0.4, 0.5) is 4.39 Å². The molecule has 1 heterocycles. The van der Waals surface area contributed by atoms with E-state index < -0.39 is 5.63 Å². The molecule has 1 aliphatic carbocycles. The molecule has 0 spiro atoms. The zero-order valence-corrected chi connectivity index (χ0v) is 24.7. The molecule has 3 heteroatoms. The van der Waals surface area contributed by atoms with E-state index in [4.69, 9.17) is 4.42 Å². The Kier molecular flexibility index (Phi) is 11.9. The molecule has 3 aromatic rings. The van der Waals surface area contributed by atoms with Crippen molar-refractivity contribution in [2.45, 2.75) is 142 Å². The Balaban J connectivity index is 1.37. The van der Waals surface area contributed by atoms with Crippen LogP contribution in [0.5, 0.6) is 0 Å². The summed E-state index contributed by atoms with van der Waals surface area (Å²) < 4.78 is 21.0. The molecule has 0 saturated heterocycles. The molecule has 0 aliphatic heterocycles. The minimum atomic E-state index is -0.414. The highest BCUT2D eigenvalue weighted by Crippen LogP contribution is 2.39. The average Bonchev–Trinajstić information content (AvgIpc) is 2.96. The maximum Gasteiger partial charge on any atom is 0.344 e. The molecule has 0 N–H and O–H groups in total. The van der Waals surface area contributed by atoms with Gasteiger partial charge in [-0.3, -0.25) is 0 Å². The number of halogens is 1. The Labute approximate surface area is 235 Å². The molecule has 39 heavy (non-hydrogen) atoms. The van der Waals surface area contributed by atoms with Gasteiger partial charge in [-0.15, -0.1) is 0 Å². The summed E-state index contributed by atoms with van der Waals surface area (Å²) in [6.45, 7) is 4.51. The van der Waals surface area contributed by atoms with Crippen molar-refractivity contribution in [1.82, 2.24) is 0 Å². The van der Waals surface area contributed by atoms with Crippen LogP contribution >= 0.6 is 0 Å². The predicted octanol–water partition coefficient (Wildman–Crippen LogP) is 11.4. The number of unbranched alkanes of at least 4 members (excludes halogenated alkanes) is 11. The van der Waals surface area contributed by atoms with Crippen molar-refractivity contribution < 1.29 is 8.81 Å². The van der Waals surface area contributed by atoms with E-state index in [0.717, 1.165) is 24.1 Å². The molecule has 214 valence electrons. The molecule has 0 radical (unpaired) electrons. The SMILES string of the molecule is CCCCCCCCCCc1ccc2c(oc(=O)c3cc(C4CCC(CCCCCCC)CC4)ccc32)c1F. The Morgan fingerprint density at radius 1 is 0.718 bits per heavy atom. The third kappa shape index (κ3) is 8.18. The lowest BCUT2D eigenvalue weighted by Crippen LogP contribution is -2.14. The summed E-state index contributed by atoms with van der Waals surface area (Å²) in [6.07, 6.45) is 23.6. The van der Waals surface area contributed by atoms with Gasteiger partial charge in [0.2, 0.25) is 0 Å². The van der Waals surface area contributed by atoms with Gasteiger partial charge in [0.1, 0.15) is 0 Å². The summed E-state index contributed by atoms with van der Waals surface area (Å²) in [4.78, 5) is 13.0. The molecule has 1 saturated carbocycles. The maximum absolute atomic E-state index is 15.4. The van der Waals surface area contributed by atoms with Crippen LogP contribution in [0.1, 0.15) is 146 Å². The second-order valence-corrected chi connectivity index (χ2v) is 12.3. The molecular formula is C36H51FO2. The number of benzene rings is 2. The van der Waals surface area contributed by atoms with E-state index in [0.29, 0.717) is 28.7 Å². The molecule has 2 nitrogen and oxygen atoms in total. The predicted molar refractivity (Wildman–Crippen MR) is 164 cm³/mol. The molecule has 0 bridgehead atoms. The van der Waals surface area contributed by atoms with E-state index >= 15 is 4.39 Å². The lowest BCUT2D eigenvalue weighted by Gasteiger charge is -2.29. The first kappa shape index (κ1) is 29.8. The Morgan fingerprint density at radius 2 is 1.33 bits per heavy atom. The zero-order chi connectivity index (χ0) is 27.5. The first-order valence-corrected chi connectivity index (χ1v) is 16.3. The molecule has 1 aromatic heterocycles. The lowest BCUT2D eigenvalue weighted by atomic mass is 9.76. The van der Waals surface area contributed by atoms with Crippen molar-refractivity contribution in [2.75, 3.05) is 0 Å². The second-order valence-electron chi connectivity index (χ2n) is 12.3. The van der Waals surface area contributed by atoms with Crippen molar-refractivity contribution in [3.63, 3.8) is 0 Å². The normalized spacial score (nSPS) is 17.8. The van der Waals surface area contributed by atoms with Crippen LogP contribution in [0.25, 0.3) is 21.7 Å². The van der Waals surface area contributed by atoms with Crippen LogP contribution in [0, 0.1) is 11.7 Å². The third-order valence-corrected chi connectivity index (χ3v) is 9.26. The van der Waals surface area contributed by atoms with Crippen LogP contribution in [-0.4, -0.2) is 0 Å². The topological polar surface area (TPSA) is 30.2 Å². The van der Waals surface area contributed by atoms with Gasteiger partial charge in [0.15, 0.2) is 11.4 Å². The van der Waals surface area contributed by atoms with Gasteiger partial charge in [0.05, 0.1) is 5.39 Å². The molecule has 0 atom stereocenters. The van der Waals surface area contributed by atoms with Crippen LogP contribution in [0.3, 0.4) is 0 Å². The van der Waals surface area contributed by atoms with Gasteiger partial charge in [-0.1, -0.05) is 122 Å². The monoisotopic (exact) mass is 534 g/mol. The lowest BCUT2D eigenvalue weighted by molar-refractivity contribution is 0.302. The quantitative estimate of drug-likeness (QED) is 0.104. The summed E-state index contributed by atoms with van der Waals surface area (Å²) in [5.41, 5.74) is 1.61. The zero-order valence-electron chi connectivity index (χ0n) is 24.7. The third-order valence-electron chi connectivity index (χ3n) is 9.26. The molecule has 0 unspecified atom stereocenters. The standard InChI is InChI=1S/C36H51FO2/c1-3-5-7-9-10-11-13-15-17-29-22-25-32-31-24-23-30(26-33(31)36(38)39-35(32)34(29)37)28-20-18-27(19-21-28)16-14-12-8-6-4-2/h22-28H,3-21H2,1-2H3. The molecule has 1 aliphatic rings. The fourth-order valence-electron chi connectivity index (χ4n) is 6.74. The fraction of sp³-hybridized carbons (Fsp3) is 0.639. The van der Waals surface area contributed by atoms with Gasteiger partial charge in [-0.2, -0.15) is 0 Å². The van der Waals surface area contributed by atoms with Gasteiger partial charge in [-0.05, 0) is 67.6 Å². The highest BCUT2D eigenvalue weighted by atomic mass is 19.1. The average molecular weight is 535 g/mol. The van der Waals surface area contributed by atoms with E-state index in [1.54, 1.807) is 0 Å². The Bertz CT molecular complexity index is 1220. The van der Waals surface area contributed by atoms with Crippen LogP contribution in [0.15, 0.2) is 39.5 Å². The first-order valence-electron chi connectivity index (χ1n) is 16.3. The summed E-state index contributed by atoms with van der Waals surface area (Å²) in [7, 11) is 0. The number of rotatable bonds is 16. The van der Waals surface area contributed by atoms with Crippen LogP contribution in [-0.2, 0) is 6.42 Å². The minimum Gasteiger partial charge on any atom is -0.419 e. The number of fused-ring (bicyclic) bond motifs is 3. The van der Waals surface area contributed by atoms with E-state index in [9.17, 15) is 4.79 Å². The number of hydrogen-bond donors (Lipinski definition) is 0. The van der Waals surface area contributed by atoms with E-state index in [1.165, 1.54) is 108 Å². The van der Waals surface area contributed by atoms with Crippen molar-refractivity contribution in [1.29, 1.82) is 0 Å². The largest absolute Gasteiger partial charge is 0.419 e. The first-order chi connectivity index (χ1) is 19.1. The smallest absolute Gasteiger partial charge is 0.344 e. The summed E-state index contributed by atoms with van der Waals surface area (Å²) in [5.74, 6) is 1.01. The molecule has 2 aromatic carbocycles. The van der Waals surface area contributed by atoms with Crippen molar-refractivity contribution in [2.24, 2.45) is 5.92 Å². The van der Waals surface area contributed by atoms with Gasteiger partial charge in [0.25, 0.3) is 0 Å². The van der Waals surface area contributed by atoms with Crippen LogP contribution < -0.4 is 5.63 Å². The van der Waals surface area contributed by atoms with Crippen LogP contribution in [0.2, 0.25) is 0 Å². The second kappa shape index (κ2) is 15.6. The highest BCUT2D eigenvalue weighted by Gasteiger charge is 2.23. The summed E-state index contributed by atoms with van der Waals surface area (Å²) >= 11 is 0. The number of aryl methyl sites for hydroxylation is 1. The van der Waals surface area contributed by atoms with E-state index in [2.05, 4.69) is 19.9 Å².